The number of esters is 1. The summed E-state index contributed by atoms with van der Waals surface area (Å²) < 4.78 is 10.6. The third-order valence-electron chi connectivity index (χ3n) is 2.41. The van der Waals surface area contributed by atoms with Crippen molar-refractivity contribution in [2.24, 2.45) is 0 Å². The predicted octanol–water partition coefficient (Wildman–Crippen LogP) is 1.86. The Labute approximate surface area is 92.3 Å². The quantitative estimate of drug-likeness (QED) is 0.538. The second-order valence-corrected chi connectivity index (χ2v) is 6.18. The first-order valence-electron chi connectivity index (χ1n) is 4.80. The number of hydrogen-bond donors (Lipinski definition) is 0. The van der Waals surface area contributed by atoms with Crippen molar-refractivity contribution in [3.63, 3.8) is 0 Å². The number of hydrogen-bond acceptors (Lipinski definition) is 5. The van der Waals surface area contributed by atoms with Crippen LogP contribution >= 0.6 is 23.5 Å². The molecule has 0 bridgehead atoms. The van der Waals surface area contributed by atoms with Gasteiger partial charge in [0.2, 0.25) is 0 Å². The van der Waals surface area contributed by atoms with Crippen LogP contribution in [-0.4, -0.2) is 33.9 Å². The molecule has 2 unspecified atom stereocenters. The van der Waals surface area contributed by atoms with Gasteiger partial charge in [0.05, 0.1) is 6.61 Å². The van der Waals surface area contributed by atoms with Gasteiger partial charge in [0.25, 0.3) is 4.93 Å². The number of carbonyl (C=O) groups excluding carboxylic acids is 1. The summed E-state index contributed by atoms with van der Waals surface area (Å²) in [6.07, 6.45) is 1.13. The summed E-state index contributed by atoms with van der Waals surface area (Å²) >= 11 is 3.31. The number of carbonyl (C=O) groups is 1. The molecule has 0 aromatic rings. The lowest BCUT2D eigenvalue weighted by Crippen LogP contribution is -2.29. The molecule has 2 rings (SSSR count). The van der Waals surface area contributed by atoms with Gasteiger partial charge in [-0.15, -0.1) is 23.5 Å². The van der Waals surface area contributed by atoms with Crippen molar-refractivity contribution in [2.45, 2.75) is 30.1 Å². The first kappa shape index (κ1) is 10.6. The smallest absolute Gasteiger partial charge is 0.353 e. The van der Waals surface area contributed by atoms with Crippen molar-refractivity contribution in [3.05, 3.63) is 0 Å². The number of epoxide rings is 1. The molecule has 0 aromatic heterocycles. The average Bonchev–Trinajstić information content (AvgIpc) is 2.74. The molecule has 14 heavy (non-hydrogen) atoms. The molecule has 3 nitrogen and oxygen atoms in total. The van der Waals surface area contributed by atoms with E-state index in [2.05, 4.69) is 0 Å². The molecule has 5 heteroatoms. The standard InChI is InChI=1S/C9H14O3S2/c1-3-11-7(10)9-8(2,12-9)13-5-4-6-14-9/h3-6H2,1-2H3. The Morgan fingerprint density at radius 3 is 2.93 bits per heavy atom. The summed E-state index contributed by atoms with van der Waals surface area (Å²) in [5, 5.41) is 0. The highest BCUT2D eigenvalue weighted by molar-refractivity contribution is 8.06. The maximum atomic E-state index is 11.7. The van der Waals surface area contributed by atoms with Gasteiger partial charge in [-0.05, 0) is 31.8 Å². The third-order valence-corrected chi connectivity index (χ3v) is 5.49. The minimum absolute atomic E-state index is 0.207. The lowest BCUT2D eigenvalue weighted by molar-refractivity contribution is -0.145. The molecular formula is C9H14O3S2. The third kappa shape index (κ3) is 1.46. The van der Waals surface area contributed by atoms with Crippen LogP contribution in [0.1, 0.15) is 20.3 Å². The largest absolute Gasteiger partial charge is 0.463 e. The van der Waals surface area contributed by atoms with E-state index in [0.29, 0.717) is 6.61 Å². The number of fused-ring (bicyclic) bond motifs is 1. The van der Waals surface area contributed by atoms with E-state index in [-0.39, 0.29) is 10.9 Å². The second kappa shape index (κ2) is 3.61. The van der Waals surface area contributed by atoms with E-state index in [4.69, 9.17) is 9.47 Å². The van der Waals surface area contributed by atoms with Gasteiger partial charge < -0.3 is 9.47 Å². The van der Waals surface area contributed by atoms with Crippen LogP contribution in [0.3, 0.4) is 0 Å². The molecule has 80 valence electrons. The van der Waals surface area contributed by atoms with Crippen molar-refractivity contribution in [2.75, 3.05) is 18.1 Å². The topological polar surface area (TPSA) is 38.8 Å². The summed E-state index contributed by atoms with van der Waals surface area (Å²) in [5.41, 5.74) is 0. The van der Waals surface area contributed by atoms with Gasteiger partial charge in [0.15, 0.2) is 4.93 Å². The molecule has 0 saturated carbocycles. The van der Waals surface area contributed by atoms with Gasteiger partial charge in [0, 0.05) is 0 Å². The van der Waals surface area contributed by atoms with Gasteiger partial charge in [-0.25, -0.2) is 4.79 Å². The molecule has 2 aliphatic heterocycles. The fourth-order valence-corrected chi connectivity index (χ4v) is 4.55. The zero-order valence-electron chi connectivity index (χ0n) is 8.37. The highest BCUT2D eigenvalue weighted by Crippen LogP contribution is 2.63. The van der Waals surface area contributed by atoms with E-state index in [1.165, 1.54) is 0 Å². The molecular weight excluding hydrogens is 220 g/mol. The zero-order chi connectivity index (χ0) is 10.2. The molecule has 0 spiro atoms. The number of thioether (sulfide) groups is 2. The van der Waals surface area contributed by atoms with E-state index in [0.717, 1.165) is 17.9 Å². The lowest BCUT2D eigenvalue weighted by Gasteiger charge is -2.11. The van der Waals surface area contributed by atoms with Crippen LogP contribution in [-0.2, 0) is 14.3 Å². The van der Waals surface area contributed by atoms with Crippen LogP contribution in [0, 0.1) is 0 Å². The van der Waals surface area contributed by atoms with Gasteiger partial charge in [-0.3, -0.25) is 0 Å². The summed E-state index contributed by atoms with van der Waals surface area (Å²) in [5.74, 6) is 1.83. The molecule has 0 radical (unpaired) electrons. The lowest BCUT2D eigenvalue weighted by atomic mass is 10.3. The summed E-state index contributed by atoms with van der Waals surface area (Å²) in [6, 6.07) is 0. The molecule has 0 aliphatic carbocycles. The van der Waals surface area contributed by atoms with Gasteiger partial charge in [0.1, 0.15) is 0 Å². The minimum atomic E-state index is -0.704. The van der Waals surface area contributed by atoms with Crippen LogP contribution in [0.15, 0.2) is 0 Å². The highest BCUT2D eigenvalue weighted by Gasteiger charge is 2.74. The van der Waals surface area contributed by atoms with Crippen LogP contribution in [0.5, 0.6) is 0 Å². The van der Waals surface area contributed by atoms with Crippen molar-refractivity contribution in [1.82, 2.24) is 0 Å². The first-order chi connectivity index (χ1) is 6.65. The average molecular weight is 234 g/mol. The van der Waals surface area contributed by atoms with E-state index in [9.17, 15) is 4.79 Å². The second-order valence-electron chi connectivity index (χ2n) is 3.44. The van der Waals surface area contributed by atoms with Crippen LogP contribution in [0.25, 0.3) is 0 Å². The minimum Gasteiger partial charge on any atom is -0.463 e. The van der Waals surface area contributed by atoms with E-state index in [1.54, 1.807) is 23.5 Å². The summed E-state index contributed by atoms with van der Waals surface area (Å²) in [4.78, 5) is 10.7. The Hall–Kier alpha value is 0.130. The fraction of sp³-hybridized carbons (Fsp3) is 0.889. The molecule has 2 fully saturated rings. The van der Waals surface area contributed by atoms with E-state index >= 15 is 0 Å². The van der Waals surface area contributed by atoms with Crippen molar-refractivity contribution in [3.8, 4) is 0 Å². The van der Waals surface area contributed by atoms with Gasteiger partial charge in [-0.2, -0.15) is 0 Å². The first-order valence-corrected chi connectivity index (χ1v) is 6.77. The molecule has 2 heterocycles. The zero-order valence-corrected chi connectivity index (χ0v) is 10.0. The van der Waals surface area contributed by atoms with Crippen molar-refractivity contribution in [1.29, 1.82) is 0 Å². The Bertz CT molecular complexity index is 258. The molecule has 2 saturated heterocycles. The van der Waals surface area contributed by atoms with E-state index < -0.39 is 4.93 Å². The van der Waals surface area contributed by atoms with Gasteiger partial charge in [-0.1, -0.05) is 0 Å². The molecule has 2 aliphatic rings. The maximum Gasteiger partial charge on any atom is 0.353 e. The molecule has 2 atom stereocenters. The van der Waals surface area contributed by atoms with E-state index in [1.807, 2.05) is 13.8 Å². The molecule has 0 N–H and O–H groups in total. The number of rotatable bonds is 2. The molecule has 0 aromatic carbocycles. The molecule has 0 amide bonds. The Kier molecular flexibility index (Phi) is 2.74. The number of ether oxygens (including phenoxy) is 2. The predicted molar refractivity (Wildman–Crippen MR) is 58.4 cm³/mol. The van der Waals surface area contributed by atoms with Gasteiger partial charge >= 0.3 is 5.97 Å². The summed E-state index contributed by atoms with van der Waals surface area (Å²) in [7, 11) is 0. The van der Waals surface area contributed by atoms with Crippen LogP contribution < -0.4 is 0 Å². The van der Waals surface area contributed by atoms with Crippen LogP contribution in [0.4, 0.5) is 0 Å². The Balaban J connectivity index is 2.11. The SMILES string of the molecule is CCOC(=O)C12OC1(C)SCCCS2. The van der Waals surface area contributed by atoms with Crippen molar-refractivity contribution >= 4 is 29.5 Å². The monoisotopic (exact) mass is 234 g/mol. The highest BCUT2D eigenvalue weighted by atomic mass is 32.2. The fourth-order valence-electron chi connectivity index (χ4n) is 1.59. The Morgan fingerprint density at radius 2 is 2.21 bits per heavy atom. The summed E-state index contributed by atoms with van der Waals surface area (Å²) in [6.45, 7) is 4.22. The Morgan fingerprint density at radius 1 is 1.50 bits per heavy atom. The van der Waals surface area contributed by atoms with Crippen LogP contribution in [0.2, 0.25) is 0 Å². The normalized spacial score (nSPS) is 41.0. The maximum absolute atomic E-state index is 11.7. The van der Waals surface area contributed by atoms with Crippen molar-refractivity contribution < 1.29 is 14.3 Å².